The highest BCUT2D eigenvalue weighted by Gasteiger charge is 2.25. The van der Waals surface area contributed by atoms with Crippen molar-refractivity contribution < 1.29 is 9.59 Å². The van der Waals surface area contributed by atoms with Gasteiger partial charge < -0.3 is 14.8 Å². The van der Waals surface area contributed by atoms with E-state index in [1.54, 1.807) is 21.9 Å². The van der Waals surface area contributed by atoms with Gasteiger partial charge in [-0.05, 0) is 32.6 Å². The van der Waals surface area contributed by atoms with Crippen molar-refractivity contribution in [2.24, 2.45) is 5.92 Å². The van der Waals surface area contributed by atoms with Crippen LogP contribution in [0.25, 0.3) is 0 Å². The zero-order valence-electron chi connectivity index (χ0n) is 18.8. The SMILES string of the molecule is Cc1nc([C@@H](C)NC(=O)c2cn(CC(C)C)cc(C(=O)N3CCCCCC3)c2=O)cs1. The van der Waals surface area contributed by atoms with Crippen LogP contribution in [0.2, 0.25) is 0 Å². The molecule has 0 radical (unpaired) electrons. The Kier molecular flexibility index (Phi) is 7.64. The second kappa shape index (κ2) is 10.2. The summed E-state index contributed by atoms with van der Waals surface area (Å²) in [5.41, 5.74) is 0.330. The largest absolute Gasteiger partial charge is 0.352 e. The summed E-state index contributed by atoms with van der Waals surface area (Å²) in [5.74, 6) is -0.454. The predicted molar refractivity (Wildman–Crippen MR) is 123 cm³/mol. The van der Waals surface area contributed by atoms with Gasteiger partial charge in [0.1, 0.15) is 11.1 Å². The Balaban J connectivity index is 1.92. The molecule has 1 fully saturated rings. The molecule has 31 heavy (non-hydrogen) atoms. The summed E-state index contributed by atoms with van der Waals surface area (Å²) in [4.78, 5) is 45.6. The van der Waals surface area contributed by atoms with Crippen molar-refractivity contribution in [3.63, 3.8) is 0 Å². The van der Waals surface area contributed by atoms with Gasteiger partial charge in [-0.25, -0.2) is 4.98 Å². The van der Waals surface area contributed by atoms with Crippen molar-refractivity contribution in [1.29, 1.82) is 0 Å². The number of nitrogens with one attached hydrogen (secondary N) is 1. The first kappa shape index (κ1) is 23.2. The minimum absolute atomic E-state index is 0.000114. The van der Waals surface area contributed by atoms with Crippen LogP contribution in [0.4, 0.5) is 0 Å². The summed E-state index contributed by atoms with van der Waals surface area (Å²) in [6.45, 7) is 9.78. The number of carbonyl (C=O) groups excluding carboxylic acids is 2. The van der Waals surface area contributed by atoms with Gasteiger partial charge in [0.25, 0.3) is 11.8 Å². The quantitative estimate of drug-likeness (QED) is 0.735. The summed E-state index contributed by atoms with van der Waals surface area (Å²) in [6, 6.07) is -0.333. The Morgan fingerprint density at radius 2 is 1.74 bits per heavy atom. The summed E-state index contributed by atoms with van der Waals surface area (Å²) < 4.78 is 1.80. The molecule has 7 nitrogen and oxygen atoms in total. The van der Waals surface area contributed by atoms with E-state index in [0.717, 1.165) is 36.4 Å². The molecule has 0 spiro atoms. The molecule has 0 bridgehead atoms. The van der Waals surface area contributed by atoms with Crippen molar-refractivity contribution in [1.82, 2.24) is 19.8 Å². The van der Waals surface area contributed by atoms with Crippen LogP contribution < -0.4 is 10.7 Å². The molecule has 0 aliphatic carbocycles. The predicted octanol–water partition coefficient (Wildman–Crippen LogP) is 3.78. The zero-order chi connectivity index (χ0) is 22.5. The highest BCUT2D eigenvalue weighted by molar-refractivity contribution is 7.09. The number of hydrogen-bond donors (Lipinski definition) is 1. The average molecular weight is 445 g/mol. The van der Waals surface area contributed by atoms with Crippen molar-refractivity contribution in [3.8, 4) is 0 Å². The lowest BCUT2D eigenvalue weighted by molar-refractivity contribution is 0.0759. The Hall–Kier alpha value is -2.48. The minimum atomic E-state index is -0.506. The van der Waals surface area contributed by atoms with E-state index in [1.165, 1.54) is 11.3 Å². The van der Waals surface area contributed by atoms with Crippen LogP contribution >= 0.6 is 11.3 Å². The number of pyridine rings is 1. The van der Waals surface area contributed by atoms with Crippen molar-refractivity contribution in [2.45, 2.75) is 66.0 Å². The molecule has 2 amide bonds. The summed E-state index contributed by atoms with van der Waals surface area (Å²) in [6.07, 6.45) is 7.25. The first-order valence-corrected chi connectivity index (χ1v) is 11.9. The summed E-state index contributed by atoms with van der Waals surface area (Å²) in [5, 5.41) is 5.69. The Labute approximate surface area is 187 Å². The molecule has 2 aromatic rings. The molecule has 8 heteroatoms. The van der Waals surface area contributed by atoms with Crippen molar-refractivity contribution in [3.05, 3.63) is 49.8 Å². The molecular formula is C23H32N4O3S. The molecule has 0 unspecified atom stereocenters. The first-order chi connectivity index (χ1) is 14.8. The third-order valence-corrected chi connectivity index (χ3v) is 6.24. The van der Waals surface area contributed by atoms with Gasteiger partial charge in [0.2, 0.25) is 5.43 Å². The minimum Gasteiger partial charge on any atom is -0.352 e. The van der Waals surface area contributed by atoms with Gasteiger partial charge in [0.05, 0.1) is 16.7 Å². The molecule has 1 N–H and O–H groups in total. The summed E-state index contributed by atoms with van der Waals surface area (Å²) >= 11 is 1.51. The Bertz CT molecular complexity index is 987. The highest BCUT2D eigenvalue weighted by Crippen LogP contribution is 2.17. The van der Waals surface area contributed by atoms with Crippen LogP contribution in [0.15, 0.2) is 22.6 Å². The third kappa shape index (κ3) is 5.81. The molecule has 1 saturated heterocycles. The maximum absolute atomic E-state index is 13.2. The second-order valence-electron chi connectivity index (χ2n) is 8.70. The van der Waals surface area contributed by atoms with Crippen molar-refractivity contribution >= 4 is 23.2 Å². The van der Waals surface area contributed by atoms with Gasteiger partial charge in [-0.2, -0.15) is 0 Å². The van der Waals surface area contributed by atoms with Gasteiger partial charge >= 0.3 is 0 Å². The topological polar surface area (TPSA) is 84.3 Å². The molecule has 0 aromatic carbocycles. The summed E-state index contributed by atoms with van der Waals surface area (Å²) in [7, 11) is 0. The van der Waals surface area contributed by atoms with Gasteiger partial charge in [-0.1, -0.05) is 26.7 Å². The Morgan fingerprint density at radius 1 is 1.10 bits per heavy atom. The van der Waals surface area contributed by atoms with Gasteiger partial charge in [0.15, 0.2) is 0 Å². The lowest BCUT2D eigenvalue weighted by atomic mass is 10.1. The number of nitrogens with zero attached hydrogens (tertiary/aromatic N) is 3. The maximum atomic E-state index is 13.2. The van der Waals surface area contributed by atoms with Gasteiger partial charge in [-0.15, -0.1) is 11.3 Å². The van der Waals surface area contributed by atoms with Crippen LogP contribution in [-0.2, 0) is 6.54 Å². The van der Waals surface area contributed by atoms with Crippen LogP contribution in [-0.4, -0.2) is 39.4 Å². The average Bonchev–Trinajstić information content (AvgIpc) is 2.98. The van der Waals surface area contributed by atoms with E-state index in [1.807, 2.05) is 19.2 Å². The van der Waals surface area contributed by atoms with Crippen LogP contribution in [0.5, 0.6) is 0 Å². The maximum Gasteiger partial charge on any atom is 0.259 e. The highest BCUT2D eigenvalue weighted by atomic mass is 32.1. The molecule has 168 valence electrons. The van der Waals surface area contributed by atoms with Crippen LogP contribution in [0, 0.1) is 12.8 Å². The number of aromatic nitrogens is 2. The standard InChI is InChI=1S/C23H32N4O3S/c1-15(2)11-26-12-18(22(29)24-16(3)20-14-31-17(4)25-20)21(28)19(13-26)23(30)27-9-7-5-6-8-10-27/h12-16H,5-11H2,1-4H3,(H,24,29)/t16-/m1/s1. The Morgan fingerprint density at radius 3 is 2.32 bits per heavy atom. The molecule has 0 saturated carbocycles. The number of likely N-dealkylation sites (tertiary alicyclic amines) is 1. The lowest BCUT2D eigenvalue weighted by Gasteiger charge is -2.21. The zero-order valence-corrected chi connectivity index (χ0v) is 19.6. The molecule has 1 atom stereocenters. The molecule has 2 aromatic heterocycles. The number of hydrogen-bond acceptors (Lipinski definition) is 5. The number of amides is 2. The number of rotatable bonds is 6. The van der Waals surface area contributed by atoms with Crippen molar-refractivity contribution in [2.75, 3.05) is 13.1 Å². The molecule has 3 heterocycles. The molecule has 1 aliphatic rings. The van der Waals surface area contributed by atoms with E-state index in [0.29, 0.717) is 25.6 Å². The fourth-order valence-corrected chi connectivity index (χ4v) is 4.55. The third-order valence-electron chi connectivity index (χ3n) is 5.45. The second-order valence-corrected chi connectivity index (χ2v) is 9.76. The van der Waals surface area contributed by atoms with E-state index in [-0.39, 0.29) is 23.1 Å². The normalized spacial score (nSPS) is 15.6. The van der Waals surface area contributed by atoms with Gasteiger partial charge in [0, 0.05) is 37.4 Å². The van der Waals surface area contributed by atoms with E-state index >= 15 is 0 Å². The number of thiazole rings is 1. The smallest absolute Gasteiger partial charge is 0.259 e. The molecule has 1 aliphatic heterocycles. The number of aryl methyl sites for hydroxylation is 1. The fourth-order valence-electron chi connectivity index (χ4n) is 3.84. The molecule has 3 rings (SSSR count). The monoisotopic (exact) mass is 444 g/mol. The molecular weight excluding hydrogens is 412 g/mol. The first-order valence-electron chi connectivity index (χ1n) is 11.0. The fraction of sp³-hybridized carbons (Fsp3) is 0.565. The van der Waals surface area contributed by atoms with Gasteiger partial charge in [-0.3, -0.25) is 14.4 Å². The van der Waals surface area contributed by atoms with E-state index in [2.05, 4.69) is 24.1 Å². The van der Waals surface area contributed by atoms with Crippen LogP contribution in [0.1, 0.15) is 83.9 Å². The van der Waals surface area contributed by atoms with E-state index in [9.17, 15) is 14.4 Å². The van der Waals surface area contributed by atoms with Crippen LogP contribution in [0.3, 0.4) is 0 Å². The van der Waals surface area contributed by atoms with E-state index < -0.39 is 11.3 Å². The number of carbonyl (C=O) groups is 2. The lowest BCUT2D eigenvalue weighted by Crippen LogP contribution is -2.39. The van der Waals surface area contributed by atoms with E-state index in [4.69, 9.17) is 0 Å².